The Morgan fingerprint density at radius 2 is 2.00 bits per heavy atom. The van der Waals surface area contributed by atoms with Crippen molar-refractivity contribution in [1.29, 1.82) is 0 Å². The Balaban J connectivity index is 1.49. The number of amides is 2. The first-order chi connectivity index (χ1) is 16.7. The Morgan fingerprint density at radius 1 is 1.23 bits per heavy atom. The summed E-state index contributed by atoms with van der Waals surface area (Å²) in [6, 6.07) is 2.04. The van der Waals surface area contributed by atoms with E-state index in [1.807, 2.05) is 0 Å². The summed E-state index contributed by atoms with van der Waals surface area (Å²) in [7, 11) is 0. The fourth-order valence-electron chi connectivity index (χ4n) is 3.80. The smallest absolute Gasteiger partial charge is 0.276 e. The summed E-state index contributed by atoms with van der Waals surface area (Å²) in [6.45, 7) is 3.54. The van der Waals surface area contributed by atoms with Gasteiger partial charge in [0.25, 0.3) is 5.91 Å². The zero-order valence-corrected chi connectivity index (χ0v) is 20.6. The molecular formula is C22H24Cl2FN7O3. The van der Waals surface area contributed by atoms with Crippen molar-refractivity contribution in [3.05, 3.63) is 40.9 Å². The summed E-state index contributed by atoms with van der Waals surface area (Å²) in [6.07, 6.45) is 2.92. The van der Waals surface area contributed by atoms with Gasteiger partial charge in [0, 0.05) is 22.7 Å². The van der Waals surface area contributed by atoms with Crippen molar-refractivity contribution < 1.29 is 18.6 Å². The Labute approximate surface area is 210 Å². The van der Waals surface area contributed by atoms with Gasteiger partial charge in [-0.15, -0.1) is 23.2 Å². The molecule has 1 aliphatic carbocycles. The number of nitrogens with one attached hydrogen (secondary N) is 3. The minimum absolute atomic E-state index is 0.00337. The van der Waals surface area contributed by atoms with E-state index in [0.717, 1.165) is 12.8 Å². The first kappa shape index (κ1) is 25.1. The second-order valence-corrected chi connectivity index (χ2v) is 9.73. The van der Waals surface area contributed by atoms with E-state index < -0.39 is 28.6 Å². The fourth-order valence-corrected chi connectivity index (χ4v) is 4.11. The Hall–Kier alpha value is -3.05. The maximum atomic E-state index is 14.8. The number of aromatic nitrogens is 5. The van der Waals surface area contributed by atoms with Crippen molar-refractivity contribution in [3.63, 3.8) is 0 Å². The number of pyridine rings is 1. The Kier molecular flexibility index (Phi) is 7.66. The number of alkyl halides is 2. The first-order valence-corrected chi connectivity index (χ1v) is 12.0. The Bertz CT molecular complexity index is 1210. The highest BCUT2D eigenvalue weighted by Crippen LogP contribution is 2.40. The minimum Gasteiger partial charge on any atom is -0.339 e. The zero-order chi connectivity index (χ0) is 25.1. The number of nitrogens with zero attached hydrogens (tertiary/aromatic N) is 4. The number of carbonyl (C=O) groups is 2. The van der Waals surface area contributed by atoms with Crippen LogP contribution in [0.25, 0.3) is 11.1 Å². The van der Waals surface area contributed by atoms with E-state index in [0.29, 0.717) is 35.5 Å². The molecule has 0 aliphatic heterocycles. The van der Waals surface area contributed by atoms with Gasteiger partial charge >= 0.3 is 0 Å². The average Bonchev–Trinajstić information content (AvgIpc) is 3.43. The summed E-state index contributed by atoms with van der Waals surface area (Å²) in [5, 5.41) is 19.6. The second kappa shape index (κ2) is 10.7. The van der Waals surface area contributed by atoms with Gasteiger partial charge in [-0.05, 0) is 63.2 Å². The lowest BCUT2D eigenvalue weighted by Crippen LogP contribution is -2.44. The summed E-state index contributed by atoms with van der Waals surface area (Å²) in [5.41, 5.74) is 2.74. The lowest BCUT2D eigenvalue weighted by molar-refractivity contribution is -0.118. The first-order valence-electron chi connectivity index (χ1n) is 11.2. The van der Waals surface area contributed by atoms with Gasteiger partial charge in [0.1, 0.15) is 22.4 Å². The van der Waals surface area contributed by atoms with Crippen LogP contribution >= 0.6 is 23.2 Å². The van der Waals surface area contributed by atoms with Gasteiger partial charge in [-0.25, -0.2) is 9.61 Å². The number of hydrogen-bond acceptors (Lipinski definition) is 7. The molecule has 0 aromatic carbocycles. The molecule has 13 heteroatoms. The molecule has 35 heavy (non-hydrogen) atoms. The van der Waals surface area contributed by atoms with Crippen molar-refractivity contribution >= 4 is 40.8 Å². The molecule has 1 saturated carbocycles. The normalized spacial score (nSPS) is 14.2. The molecule has 0 bridgehead atoms. The topological polar surface area (TPSA) is 139 Å². The highest BCUT2D eigenvalue weighted by molar-refractivity contribution is 6.44. The summed E-state index contributed by atoms with van der Waals surface area (Å²) >= 11 is 11.6. The van der Waals surface area contributed by atoms with E-state index in [1.165, 1.54) is 12.1 Å². The highest BCUT2D eigenvalue weighted by Gasteiger charge is 2.34. The number of H-pyrrole nitrogens is 1. The number of halogens is 3. The van der Waals surface area contributed by atoms with Crippen LogP contribution in [0.2, 0.25) is 0 Å². The minimum atomic E-state index is -0.971. The van der Waals surface area contributed by atoms with Crippen molar-refractivity contribution in [2.24, 2.45) is 0 Å². The predicted octanol–water partition coefficient (Wildman–Crippen LogP) is 4.20. The number of rotatable bonds is 10. The molecule has 0 unspecified atom stereocenters. The third kappa shape index (κ3) is 5.96. The molecule has 0 spiro atoms. The largest absolute Gasteiger partial charge is 0.339 e. The molecule has 186 valence electrons. The molecule has 3 aromatic heterocycles. The van der Waals surface area contributed by atoms with E-state index in [2.05, 4.69) is 36.1 Å². The molecule has 0 saturated heterocycles. The van der Waals surface area contributed by atoms with Crippen LogP contribution in [-0.2, 0) is 4.79 Å². The second-order valence-electron chi connectivity index (χ2n) is 8.45. The summed E-state index contributed by atoms with van der Waals surface area (Å²) in [5.74, 6) is -1.77. The van der Waals surface area contributed by atoms with Crippen molar-refractivity contribution in [1.82, 2.24) is 30.8 Å². The van der Waals surface area contributed by atoms with Crippen LogP contribution in [0.5, 0.6) is 0 Å². The highest BCUT2D eigenvalue weighted by atomic mass is 35.5. The van der Waals surface area contributed by atoms with E-state index in [9.17, 15) is 14.0 Å². The van der Waals surface area contributed by atoms with Crippen LogP contribution in [0.4, 0.5) is 10.2 Å². The van der Waals surface area contributed by atoms with Crippen LogP contribution < -0.4 is 10.6 Å². The molecular weight excluding hydrogens is 500 g/mol. The molecule has 1 atom stereocenters. The van der Waals surface area contributed by atoms with Crippen molar-refractivity contribution in [2.75, 3.05) is 5.32 Å². The SMILES string of the molecule is Cc1n[nH]c(C)c1-c1ccc(NC(=O)[C@H](CCCC(Cl)Cl)NC(=O)c2nonc2C2CC2)nc1F. The van der Waals surface area contributed by atoms with Crippen LogP contribution in [0.3, 0.4) is 0 Å². The Morgan fingerprint density at radius 3 is 2.63 bits per heavy atom. The van der Waals surface area contributed by atoms with Crippen molar-refractivity contribution in [2.45, 2.75) is 62.7 Å². The quantitative estimate of drug-likeness (QED) is 0.267. The number of aromatic amines is 1. The van der Waals surface area contributed by atoms with Gasteiger partial charge in [0.15, 0.2) is 5.69 Å². The van der Waals surface area contributed by atoms with Crippen molar-refractivity contribution in [3.8, 4) is 11.1 Å². The van der Waals surface area contributed by atoms with Gasteiger partial charge < -0.3 is 10.6 Å². The van der Waals surface area contributed by atoms with Gasteiger partial charge in [-0.1, -0.05) is 5.16 Å². The molecule has 3 N–H and O–H groups in total. The maximum absolute atomic E-state index is 14.8. The molecule has 2 amide bonds. The molecule has 3 aromatic rings. The predicted molar refractivity (Wildman–Crippen MR) is 127 cm³/mol. The number of aryl methyl sites for hydroxylation is 2. The molecule has 3 heterocycles. The van der Waals surface area contributed by atoms with Crippen LogP contribution in [-0.4, -0.2) is 48.2 Å². The van der Waals surface area contributed by atoms with E-state index in [1.54, 1.807) is 13.8 Å². The van der Waals surface area contributed by atoms with Crippen LogP contribution in [0, 0.1) is 19.8 Å². The van der Waals surface area contributed by atoms with Crippen LogP contribution in [0.1, 0.15) is 65.6 Å². The molecule has 1 aliphatic rings. The van der Waals surface area contributed by atoms with Gasteiger partial charge in [-0.2, -0.15) is 9.49 Å². The van der Waals surface area contributed by atoms with Crippen LogP contribution in [0.15, 0.2) is 16.8 Å². The average molecular weight is 524 g/mol. The lowest BCUT2D eigenvalue weighted by atomic mass is 10.1. The third-order valence-corrected chi connectivity index (χ3v) is 6.16. The number of hydrogen-bond donors (Lipinski definition) is 3. The number of anilines is 1. The zero-order valence-electron chi connectivity index (χ0n) is 19.1. The third-order valence-electron chi connectivity index (χ3n) is 5.73. The van der Waals surface area contributed by atoms with E-state index in [4.69, 9.17) is 27.8 Å². The maximum Gasteiger partial charge on any atom is 0.276 e. The molecule has 1 fully saturated rings. The summed E-state index contributed by atoms with van der Waals surface area (Å²) in [4.78, 5) is 29.1. The monoisotopic (exact) mass is 523 g/mol. The summed E-state index contributed by atoms with van der Waals surface area (Å²) < 4.78 is 19.5. The van der Waals surface area contributed by atoms with Gasteiger partial charge in [-0.3, -0.25) is 14.7 Å². The molecule has 0 radical (unpaired) electrons. The lowest BCUT2D eigenvalue weighted by Gasteiger charge is -2.18. The standard InChI is InChI=1S/C22H24Cl2FN7O3/c1-10-17(11(2)30-29-10)13-8-9-16(27-20(13)25)28-21(33)14(4-3-5-15(23)24)26-22(34)19-18(12-6-7-12)31-35-32-19/h8-9,12,14-15H,3-7H2,1-2H3,(H,26,34)(H,29,30)(H,27,28,33)/t14-/m0/s1. The molecule has 10 nitrogen and oxygen atoms in total. The molecule has 4 rings (SSSR count). The van der Waals surface area contributed by atoms with Gasteiger partial charge in [0.05, 0.1) is 5.69 Å². The van der Waals surface area contributed by atoms with Gasteiger partial charge in [0.2, 0.25) is 11.9 Å². The van der Waals surface area contributed by atoms with E-state index in [-0.39, 0.29) is 29.4 Å². The fraction of sp³-hybridized carbons (Fsp3) is 0.455. The van der Waals surface area contributed by atoms with E-state index >= 15 is 0 Å². The number of carbonyl (C=O) groups excluding carboxylic acids is 2.